The van der Waals surface area contributed by atoms with E-state index < -0.39 is 34.3 Å². The number of methoxy groups -OCH3 is 2. The maximum atomic E-state index is 14.0. The van der Waals surface area contributed by atoms with Crippen LogP contribution in [-0.4, -0.2) is 58.0 Å². The number of carbonyl (C=O) groups excluding carboxylic acids is 2. The molecule has 1 N–H and O–H groups in total. The third kappa shape index (κ3) is 7.75. The third-order valence-electron chi connectivity index (χ3n) is 6.70. The van der Waals surface area contributed by atoms with Crippen molar-refractivity contribution >= 4 is 27.5 Å². The molecule has 3 aromatic carbocycles. The van der Waals surface area contributed by atoms with Crippen molar-refractivity contribution in [2.45, 2.75) is 50.7 Å². The fraction of sp³-hybridized carbons (Fsp3) is 0.333. The van der Waals surface area contributed by atoms with Gasteiger partial charge < -0.3 is 19.7 Å². The zero-order chi connectivity index (χ0) is 30.2. The third-order valence-corrected chi connectivity index (χ3v) is 8.47. The lowest BCUT2D eigenvalue weighted by Gasteiger charge is -2.32. The van der Waals surface area contributed by atoms with Crippen LogP contribution in [0.2, 0.25) is 0 Å². The van der Waals surface area contributed by atoms with Crippen LogP contribution in [0.1, 0.15) is 32.8 Å². The van der Waals surface area contributed by atoms with Gasteiger partial charge in [-0.25, -0.2) is 12.8 Å². The van der Waals surface area contributed by atoms with Gasteiger partial charge >= 0.3 is 0 Å². The van der Waals surface area contributed by atoms with Crippen molar-refractivity contribution < 1.29 is 31.9 Å². The van der Waals surface area contributed by atoms with E-state index >= 15 is 0 Å². The van der Waals surface area contributed by atoms with E-state index in [1.165, 1.54) is 49.5 Å². The van der Waals surface area contributed by atoms with Crippen LogP contribution in [0.3, 0.4) is 0 Å². The first-order chi connectivity index (χ1) is 19.5. The van der Waals surface area contributed by atoms with Crippen LogP contribution >= 0.6 is 0 Å². The van der Waals surface area contributed by atoms with Crippen LogP contribution in [-0.2, 0) is 26.2 Å². The van der Waals surface area contributed by atoms with Crippen molar-refractivity contribution in [2.24, 2.45) is 0 Å². The lowest BCUT2D eigenvalue weighted by molar-refractivity contribution is -0.139. The Balaban J connectivity index is 2.05. The number of halogens is 1. The van der Waals surface area contributed by atoms with E-state index in [1.807, 2.05) is 44.2 Å². The van der Waals surface area contributed by atoms with Crippen LogP contribution in [0.25, 0.3) is 0 Å². The first-order valence-corrected chi connectivity index (χ1v) is 14.6. The van der Waals surface area contributed by atoms with Gasteiger partial charge in [0.2, 0.25) is 11.8 Å². The Labute approximate surface area is 240 Å². The van der Waals surface area contributed by atoms with Gasteiger partial charge in [0.15, 0.2) is 11.5 Å². The fourth-order valence-corrected chi connectivity index (χ4v) is 5.50. The molecule has 9 nitrogen and oxygen atoms in total. The molecule has 41 heavy (non-hydrogen) atoms. The average molecular weight is 586 g/mol. The number of nitrogens with one attached hydrogen (secondary N) is 1. The molecule has 0 radical (unpaired) electrons. The van der Waals surface area contributed by atoms with Gasteiger partial charge in [-0.05, 0) is 62.2 Å². The summed E-state index contributed by atoms with van der Waals surface area (Å²) in [6, 6.07) is 16.9. The summed E-state index contributed by atoms with van der Waals surface area (Å²) in [5.41, 5.74) is 0.839. The molecule has 11 heteroatoms. The van der Waals surface area contributed by atoms with E-state index in [4.69, 9.17) is 9.47 Å². The van der Waals surface area contributed by atoms with Gasteiger partial charge in [-0.3, -0.25) is 13.9 Å². The smallest absolute Gasteiger partial charge is 0.264 e. The lowest BCUT2D eigenvalue weighted by Crippen LogP contribution is -2.52. The Hall–Kier alpha value is -4.12. The molecule has 0 bridgehead atoms. The standard InChI is InChI=1S/C30H36FN3O6S/c1-6-21(2)32-30(36)22(3)33(19-23-10-8-7-9-11-23)29(35)20-34(25-14-12-24(31)13-15-25)41(37,38)26-16-17-27(39-4)28(18-26)40-5/h7-18,21-22H,6,19-20H2,1-5H3,(H,32,36)/t21-,22+/m0/s1. The number of carbonyl (C=O) groups is 2. The fourth-order valence-electron chi connectivity index (χ4n) is 4.07. The van der Waals surface area contributed by atoms with Crippen LogP contribution in [0.4, 0.5) is 10.1 Å². The van der Waals surface area contributed by atoms with Crippen molar-refractivity contribution in [1.29, 1.82) is 0 Å². The summed E-state index contributed by atoms with van der Waals surface area (Å²) in [6.45, 7) is 4.82. The summed E-state index contributed by atoms with van der Waals surface area (Å²) in [6.07, 6.45) is 0.701. The molecule has 0 fully saturated rings. The minimum Gasteiger partial charge on any atom is -0.493 e. The maximum Gasteiger partial charge on any atom is 0.264 e. The predicted molar refractivity (Wildman–Crippen MR) is 155 cm³/mol. The van der Waals surface area contributed by atoms with Crippen molar-refractivity contribution in [3.05, 3.63) is 84.2 Å². The number of nitrogens with zero attached hydrogens (tertiary/aromatic N) is 2. The molecule has 0 aliphatic heterocycles. The van der Waals surface area contributed by atoms with Gasteiger partial charge in [0.1, 0.15) is 18.4 Å². The number of anilines is 1. The Morgan fingerprint density at radius 2 is 1.56 bits per heavy atom. The number of amides is 2. The largest absolute Gasteiger partial charge is 0.493 e. The summed E-state index contributed by atoms with van der Waals surface area (Å²) >= 11 is 0. The molecule has 0 aliphatic rings. The Morgan fingerprint density at radius 1 is 0.927 bits per heavy atom. The topological polar surface area (TPSA) is 105 Å². The van der Waals surface area contributed by atoms with E-state index in [9.17, 15) is 22.4 Å². The molecule has 0 aromatic heterocycles. The molecule has 0 heterocycles. The molecule has 0 unspecified atom stereocenters. The minimum atomic E-state index is -4.37. The van der Waals surface area contributed by atoms with Crippen LogP contribution in [0, 0.1) is 5.82 Å². The van der Waals surface area contributed by atoms with Crippen LogP contribution < -0.4 is 19.1 Å². The Bertz CT molecular complexity index is 1430. The molecule has 0 saturated heterocycles. The summed E-state index contributed by atoms with van der Waals surface area (Å²) in [4.78, 5) is 28.2. The van der Waals surface area contributed by atoms with E-state index in [0.29, 0.717) is 12.2 Å². The van der Waals surface area contributed by atoms with Gasteiger partial charge in [-0.2, -0.15) is 0 Å². The molecular formula is C30H36FN3O6S. The van der Waals surface area contributed by atoms with E-state index in [0.717, 1.165) is 22.0 Å². The van der Waals surface area contributed by atoms with E-state index in [-0.39, 0.29) is 34.8 Å². The van der Waals surface area contributed by atoms with Crippen molar-refractivity contribution in [3.63, 3.8) is 0 Å². The Kier molecular flexibility index (Phi) is 10.7. The maximum absolute atomic E-state index is 14.0. The summed E-state index contributed by atoms with van der Waals surface area (Å²) < 4.78 is 53.1. The SMILES string of the molecule is CC[C@H](C)NC(=O)[C@@H](C)N(Cc1ccccc1)C(=O)CN(c1ccc(F)cc1)S(=O)(=O)c1ccc(OC)c(OC)c1. The highest BCUT2D eigenvalue weighted by atomic mass is 32.2. The zero-order valence-corrected chi connectivity index (χ0v) is 24.7. The number of benzene rings is 3. The van der Waals surface area contributed by atoms with E-state index in [1.54, 1.807) is 6.92 Å². The molecule has 2 amide bonds. The van der Waals surface area contributed by atoms with Crippen LogP contribution in [0.15, 0.2) is 77.7 Å². The lowest BCUT2D eigenvalue weighted by atomic mass is 10.1. The van der Waals surface area contributed by atoms with E-state index in [2.05, 4.69) is 5.32 Å². The Morgan fingerprint density at radius 3 is 2.15 bits per heavy atom. The van der Waals surface area contributed by atoms with Gasteiger partial charge in [0.25, 0.3) is 10.0 Å². The molecule has 3 rings (SSSR count). The van der Waals surface area contributed by atoms with Crippen LogP contribution in [0.5, 0.6) is 11.5 Å². The quantitative estimate of drug-likeness (QED) is 0.320. The van der Waals surface area contributed by atoms with Crippen molar-refractivity contribution in [2.75, 3.05) is 25.1 Å². The molecule has 0 spiro atoms. The van der Waals surface area contributed by atoms with Gasteiger partial charge in [0, 0.05) is 18.7 Å². The van der Waals surface area contributed by atoms with Gasteiger partial charge in [-0.15, -0.1) is 0 Å². The normalized spacial score (nSPS) is 12.6. The summed E-state index contributed by atoms with van der Waals surface area (Å²) in [5.74, 6) is -1.04. The number of sulfonamides is 1. The first-order valence-electron chi connectivity index (χ1n) is 13.2. The second kappa shape index (κ2) is 14.0. The number of ether oxygens (including phenoxy) is 2. The minimum absolute atomic E-state index is 0.0719. The molecule has 3 aromatic rings. The molecule has 220 valence electrons. The van der Waals surface area contributed by atoms with Crippen molar-refractivity contribution in [3.8, 4) is 11.5 Å². The molecule has 0 aliphatic carbocycles. The number of rotatable bonds is 13. The second-order valence-corrected chi connectivity index (χ2v) is 11.4. The summed E-state index contributed by atoms with van der Waals surface area (Å²) in [7, 11) is -1.56. The second-order valence-electron chi connectivity index (χ2n) is 9.51. The molecule has 2 atom stereocenters. The first kappa shape index (κ1) is 31.4. The average Bonchev–Trinajstić information content (AvgIpc) is 2.98. The highest BCUT2D eigenvalue weighted by Crippen LogP contribution is 2.32. The number of hydrogen-bond acceptors (Lipinski definition) is 6. The zero-order valence-electron chi connectivity index (χ0n) is 23.8. The van der Waals surface area contributed by atoms with Crippen molar-refractivity contribution in [1.82, 2.24) is 10.2 Å². The highest BCUT2D eigenvalue weighted by Gasteiger charge is 2.33. The number of hydrogen-bond donors (Lipinski definition) is 1. The summed E-state index contributed by atoms with van der Waals surface area (Å²) in [5, 5.41) is 2.89. The van der Waals surface area contributed by atoms with Gasteiger partial charge in [-0.1, -0.05) is 37.3 Å². The predicted octanol–water partition coefficient (Wildman–Crippen LogP) is 4.37. The molecule has 0 saturated carbocycles. The van der Waals surface area contributed by atoms with Gasteiger partial charge in [0.05, 0.1) is 24.8 Å². The highest BCUT2D eigenvalue weighted by molar-refractivity contribution is 7.92. The molecular weight excluding hydrogens is 549 g/mol. The monoisotopic (exact) mass is 585 g/mol.